The first-order valence-electron chi connectivity index (χ1n) is 10.4. The summed E-state index contributed by atoms with van der Waals surface area (Å²) in [6.07, 6.45) is 0.636. The number of ether oxygens (including phenoxy) is 1. The molecule has 1 N–H and O–H groups in total. The second kappa shape index (κ2) is 10.4. The maximum Gasteiger partial charge on any atom is 0.264 e. The van der Waals surface area contributed by atoms with E-state index in [1.165, 1.54) is 4.31 Å². The molecule has 7 heteroatoms. The Morgan fingerprint density at radius 1 is 1.00 bits per heavy atom. The molecule has 0 saturated carbocycles. The molecule has 32 heavy (non-hydrogen) atoms. The zero-order valence-corrected chi connectivity index (χ0v) is 19.4. The third-order valence-corrected chi connectivity index (χ3v) is 6.83. The summed E-state index contributed by atoms with van der Waals surface area (Å²) in [5.41, 5.74) is 3.79. The van der Waals surface area contributed by atoms with Crippen LogP contribution >= 0.6 is 0 Å². The van der Waals surface area contributed by atoms with Gasteiger partial charge in [-0.3, -0.25) is 9.10 Å². The van der Waals surface area contributed by atoms with Crippen molar-refractivity contribution < 1.29 is 17.9 Å². The predicted octanol–water partition coefficient (Wildman–Crippen LogP) is 4.54. The van der Waals surface area contributed by atoms with Crippen LogP contribution in [0.4, 0.5) is 11.4 Å². The summed E-state index contributed by atoms with van der Waals surface area (Å²) in [5, 5.41) is 2.81. The fourth-order valence-corrected chi connectivity index (χ4v) is 4.89. The average Bonchev–Trinajstić information content (AvgIpc) is 2.78. The molecule has 0 radical (unpaired) electrons. The van der Waals surface area contributed by atoms with Crippen LogP contribution in [0, 0.1) is 6.92 Å². The lowest BCUT2D eigenvalue weighted by atomic mass is 10.1. The minimum absolute atomic E-state index is 0.142. The van der Waals surface area contributed by atoms with Crippen molar-refractivity contribution in [3.63, 3.8) is 0 Å². The lowest BCUT2D eigenvalue weighted by molar-refractivity contribution is -0.114. The number of rotatable bonds is 9. The number of carbonyl (C=O) groups excluding carboxylic acids is 1. The minimum Gasteiger partial charge on any atom is -0.380 e. The Kier molecular flexibility index (Phi) is 7.66. The summed E-state index contributed by atoms with van der Waals surface area (Å²) < 4.78 is 33.5. The summed E-state index contributed by atoms with van der Waals surface area (Å²) in [7, 11) is -2.35. The van der Waals surface area contributed by atoms with Crippen molar-refractivity contribution in [2.24, 2.45) is 0 Å². The molecule has 3 aromatic carbocycles. The summed E-state index contributed by atoms with van der Waals surface area (Å²) in [5.74, 6) is -0.429. The van der Waals surface area contributed by atoms with E-state index in [1.807, 2.05) is 38.1 Å². The first-order valence-corrected chi connectivity index (χ1v) is 11.8. The van der Waals surface area contributed by atoms with Gasteiger partial charge in [-0.05, 0) is 54.8 Å². The molecule has 0 spiro atoms. The van der Waals surface area contributed by atoms with Crippen LogP contribution in [0.5, 0.6) is 0 Å². The SMILES string of the molecule is CCc1ccccc1N(CC(=O)Nc1cccc(COC)c1)S(=O)(=O)c1ccc(C)cc1. The molecular weight excluding hydrogens is 424 g/mol. The van der Waals surface area contributed by atoms with Crippen molar-refractivity contribution in [2.45, 2.75) is 31.8 Å². The number of hydrogen-bond donors (Lipinski definition) is 1. The normalized spacial score (nSPS) is 11.2. The zero-order valence-electron chi connectivity index (χ0n) is 18.5. The molecule has 0 aliphatic heterocycles. The van der Waals surface area contributed by atoms with Gasteiger partial charge in [0.1, 0.15) is 6.54 Å². The fraction of sp³-hybridized carbons (Fsp3) is 0.240. The first kappa shape index (κ1) is 23.5. The molecule has 3 aromatic rings. The Morgan fingerprint density at radius 2 is 1.72 bits per heavy atom. The van der Waals surface area contributed by atoms with Crippen LogP contribution in [0.2, 0.25) is 0 Å². The maximum absolute atomic E-state index is 13.6. The minimum atomic E-state index is -3.96. The number of sulfonamides is 1. The molecule has 0 aliphatic rings. The van der Waals surface area contributed by atoms with Crippen molar-refractivity contribution in [1.29, 1.82) is 0 Å². The molecule has 0 unspecified atom stereocenters. The summed E-state index contributed by atoms with van der Waals surface area (Å²) in [6, 6.07) is 21.2. The topological polar surface area (TPSA) is 75.7 Å². The lowest BCUT2D eigenvalue weighted by Crippen LogP contribution is -2.38. The van der Waals surface area contributed by atoms with Gasteiger partial charge in [-0.25, -0.2) is 8.42 Å². The highest BCUT2D eigenvalue weighted by Crippen LogP contribution is 2.28. The molecule has 1 amide bonds. The number of nitrogens with one attached hydrogen (secondary N) is 1. The number of hydrogen-bond acceptors (Lipinski definition) is 4. The second-order valence-corrected chi connectivity index (χ2v) is 9.35. The number of benzene rings is 3. The Labute approximate surface area is 189 Å². The van der Waals surface area contributed by atoms with E-state index < -0.39 is 15.9 Å². The fourth-order valence-electron chi connectivity index (χ4n) is 3.43. The molecule has 0 fully saturated rings. The molecule has 0 bridgehead atoms. The number of amides is 1. The van der Waals surface area contributed by atoms with Crippen LogP contribution in [-0.2, 0) is 32.6 Å². The zero-order chi connectivity index (χ0) is 23.1. The Morgan fingerprint density at radius 3 is 2.41 bits per heavy atom. The summed E-state index contributed by atoms with van der Waals surface area (Å²) >= 11 is 0. The van der Waals surface area contributed by atoms with Gasteiger partial charge in [0.15, 0.2) is 0 Å². The van der Waals surface area contributed by atoms with Crippen LogP contribution in [-0.4, -0.2) is 28.0 Å². The standard InChI is InChI=1S/C25H28N2O4S/c1-4-21-9-5-6-11-24(21)27(32(29,30)23-14-12-19(2)13-15-23)17-25(28)26-22-10-7-8-20(16-22)18-31-3/h5-16H,4,17-18H2,1-3H3,(H,26,28). The van der Waals surface area contributed by atoms with E-state index in [9.17, 15) is 13.2 Å². The van der Waals surface area contributed by atoms with Gasteiger partial charge in [-0.2, -0.15) is 0 Å². The first-order chi connectivity index (χ1) is 15.3. The van der Waals surface area contributed by atoms with Gasteiger partial charge in [-0.15, -0.1) is 0 Å². The van der Waals surface area contributed by atoms with Gasteiger partial charge < -0.3 is 10.1 Å². The molecule has 0 saturated heterocycles. The Balaban J connectivity index is 1.95. The highest BCUT2D eigenvalue weighted by atomic mass is 32.2. The number of aryl methyl sites for hydroxylation is 2. The van der Waals surface area contributed by atoms with Crippen molar-refractivity contribution in [3.05, 3.63) is 89.5 Å². The molecule has 0 aromatic heterocycles. The van der Waals surface area contributed by atoms with E-state index >= 15 is 0 Å². The quantitative estimate of drug-likeness (QED) is 0.517. The molecular formula is C25H28N2O4S. The van der Waals surface area contributed by atoms with Gasteiger partial charge in [-0.1, -0.05) is 55.0 Å². The predicted molar refractivity (Wildman–Crippen MR) is 127 cm³/mol. The number of carbonyl (C=O) groups is 1. The van der Waals surface area contributed by atoms with Crippen LogP contribution in [0.1, 0.15) is 23.6 Å². The Hall–Kier alpha value is -3.16. The van der Waals surface area contributed by atoms with Gasteiger partial charge in [0.25, 0.3) is 10.0 Å². The highest BCUT2D eigenvalue weighted by molar-refractivity contribution is 7.92. The van der Waals surface area contributed by atoms with Crippen molar-refractivity contribution in [1.82, 2.24) is 0 Å². The number of para-hydroxylation sites is 1. The van der Waals surface area contributed by atoms with E-state index in [0.717, 1.165) is 16.7 Å². The third kappa shape index (κ3) is 5.55. The summed E-state index contributed by atoms with van der Waals surface area (Å²) in [6.45, 7) is 3.92. The molecule has 6 nitrogen and oxygen atoms in total. The van der Waals surface area contributed by atoms with Gasteiger partial charge in [0.05, 0.1) is 17.2 Å². The lowest BCUT2D eigenvalue weighted by Gasteiger charge is -2.26. The van der Waals surface area contributed by atoms with Gasteiger partial charge in [0, 0.05) is 12.8 Å². The van der Waals surface area contributed by atoms with Gasteiger partial charge >= 0.3 is 0 Å². The van der Waals surface area contributed by atoms with Crippen LogP contribution in [0.25, 0.3) is 0 Å². The van der Waals surface area contributed by atoms with E-state index in [2.05, 4.69) is 5.32 Å². The summed E-state index contributed by atoms with van der Waals surface area (Å²) in [4.78, 5) is 13.1. The number of nitrogens with zero attached hydrogens (tertiary/aromatic N) is 1. The van der Waals surface area contributed by atoms with E-state index in [1.54, 1.807) is 55.6 Å². The Bertz CT molecular complexity index is 1170. The maximum atomic E-state index is 13.6. The second-order valence-electron chi connectivity index (χ2n) is 7.49. The molecule has 3 rings (SSSR count). The highest BCUT2D eigenvalue weighted by Gasteiger charge is 2.28. The third-order valence-electron chi connectivity index (χ3n) is 5.06. The molecule has 0 heterocycles. The monoisotopic (exact) mass is 452 g/mol. The van der Waals surface area contributed by atoms with Crippen molar-refractivity contribution in [3.8, 4) is 0 Å². The van der Waals surface area contributed by atoms with Crippen LogP contribution in [0.15, 0.2) is 77.7 Å². The van der Waals surface area contributed by atoms with E-state index in [-0.39, 0.29) is 11.4 Å². The van der Waals surface area contributed by atoms with Gasteiger partial charge in [0.2, 0.25) is 5.91 Å². The van der Waals surface area contributed by atoms with Crippen molar-refractivity contribution >= 4 is 27.3 Å². The molecule has 0 atom stereocenters. The van der Waals surface area contributed by atoms with Crippen LogP contribution in [0.3, 0.4) is 0 Å². The van der Waals surface area contributed by atoms with E-state index in [0.29, 0.717) is 24.4 Å². The molecule has 0 aliphatic carbocycles. The molecule has 168 valence electrons. The number of anilines is 2. The van der Waals surface area contributed by atoms with E-state index in [4.69, 9.17) is 4.74 Å². The largest absolute Gasteiger partial charge is 0.380 e. The van der Waals surface area contributed by atoms with Crippen LogP contribution < -0.4 is 9.62 Å². The average molecular weight is 453 g/mol. The van der Waals surface area contributed by atoms with Crippen molar-refractivity contribution in [2.75, 3.05) is 23.3 Å². The smallest absolute Gasteiger partial charge is 0.264 e. The number of methoxy groups -OCH3 is 1.